The molecule has 0 heterocycles. The molecule has 0 aliphatic carbocycles. The number of methoxy groups -OCH3 is 1. The molecule has 3 N–H and O–H groups in total. The lowest BCUT2D eigenvalue weighted by Gasteiger charge is -2.25. The fourth-order valence-electron chi connectivity index (χ4n) is 3.54. The third-order valence-electron chi connectivity index (χ3n) is 5.99. The maximum absolute atomic E-state index is 9.48. The standard InChI is InChI=1S/C25H45NO3/c1-6-25(26,19-27)16-15-22-13-14-23(24(18-22)28-5)29-17-8-7-11-21(4)12-9-10-20(2)3/h13-14,18,20-21,27H,6-12,15-17,19,26H2,1-5H3/t21?,25-/m0/s1. The highest BCUT2D eigenvalue weighted by Gasteiger charge is 2.21. The van der Waals surface area contributed by atoms with Gasteiger partial charge in [-0.05, 0) is 61.6 Å². The molecule has 0 fully saturated rings. The maximum atomic E-state index is 9.48. The van der Waals surface area contributed by atoms with Gasteiger partial charge in [0, 0.05) is 5.54 Å². The van der Waals surface area contributed by atoms with E-state index < -0.39 is 5.54 Å². The fraction of sp³-hybridized carbons (Fsp3) is 0.760. The first-order chi connectivity index (χ1) is 13.8. The molecular weight excluding hydrogens is 362 g/mol. The van der Waals surface area contributed by atoms with Gasteiger partial charge in [-0.15, -0.1) is 0 Å². The minimum atomic E-state index is -0.506. The van der Waals surface area contributed by atoms with Crippen molar-refractivity contribution in [2.45, 2.75) is 91.0 Å². The second-order valence-electron chi connectivity index (χ2n) is 9.13. The second-order valence-corrected chi connectivity index (χ2v) is 9.13. The summed E-state index contributed by atoms with van der Waals surface area (Å²) in [4.78, 5) is 0. The number of ether oxygens (including phenoxy) is 2. The third kappa shape index (κ3) is 10.4. The van der Waals surface area contributed by atoms with Gasteiger partial charge in [0.1, 0.15) is 0 Å². The number of hydrogen-bond acceptors (Lipinski definition) is 4. The van der Waals surface area contributed by atoms with E-state index in [0.29, 0.717) is 0 Å². The van der Waals surface area contributed by atoms with E-state index in [1.807, 2.05) is 19.1 Å². The third-order valence-corrected chi connectivity index (χ3v) is 5.99. The van der Waals surface area contributed by atoms with Gasteiger partial charge in [-0.1, -0.05) is 59.4 Å². The Morgan fingerprint density at radius 2 is 1.76 bits per heavy atom. The van der Waals surface area contributed by atoms with E-state index in [2.05, 4.69) is 26.8 Å². The van der Waals surface area contributed by atoms with Crippen LogP contribution >= 0.6 is 0 Å². The predicted molar refractivity (Wildman–Crippen MR) is 123 cm³/mol. The Morgan fingerprint density at radius 1 is 1.03 bits per heavy atom. The summed E-state index contributed by atoms with van der Waals surface area (Å²) in [5.74, 6) is 3.20. The summed E-state index contributed by atoms with van der Waals surface area (Å²) >= 11 is 0. The van der Waals surface area contributed by atoms with E-state index >= 15 is 0 Å². The first-order valence-electron chi connectivity index (χ1n) is 11.5. The zero-order valence-corrected chi connectivity index (χ0v) is 19.5. The minimum Gasteiger partial charge on any atom is -0.493 e. The molecule has 0 aliphatic rings. The Morgan fingerprint density at radius 3 is 2.38 bits per heavy atom. The van der Waals surface area contributed by atoms with Crippen LogP contribution in [0.25, 0.3) is 0 Å². The Balaban J connectivity index is 2.37. The molecule has 4 nitrogen and oxygen atoms in total. The average molecular weight is 408 g/mol. The number of aliphatic hydroxyl groups is 1. The summed E-state index contributed by atoms with van der Waals surface area (Å²) in [5.41, 5.74) is 6.84. The monoisotopic (exact) mass is 407 g/mol. The summed E-state index contributed by atoms with van der Waals surface area (Å²) in [6, 6.07) is 6.09. The van der Waals surface area contributed by atoms with E-state index in [0.717, 1.165) is 61.2 Å². The van der Waals surface area contributed by atoms with Gasteiger partial charge < -0.3 is 20.3 Å². The van der Waals surface area contributed by atoms with E-state index in [1.165, 1.54) is 32.1 Å². The summed E-state index contributed by atoms with van der Waals surface area (Å²) < 4.78 is 11.5. The normalized spacial score (nSPS) is 14.6. The van der Waals surface area contributed by atoms with E-state index in [4.69, 9.17) is 15.2 Å². The molecule has 0 amide bonds. The molecule has 0 saturated heterocycles. The first kappa shape index (κ1) is 25.8. The van der Waals surface area contributed by atoms with Crippen molar-refractivity contribution in [1.82, 2.24) is 0 Å². The molecule has 29 heavy (non-hydrogen) atoms. The quantitative estimate of drug-likeness (QED) is 0.343. The molecule has 0 spiro atoms. The van der Waals surface area contributed by atoms with Crippen LogP contribution in [0.4, 0.5) is 0 Å². The highest BCUT2D eigenvalue weighted by atomic mass is 16.5. The average Bonchev–Trinajstić information content (AvgIpc) is 2.71. The molecule has 1 rings (SSSR count). The molecule has 0 aliphatic heterocycles. The minimum absolute atomic E-state index is 0.0121. The van der Waals surface area contributed by atoms with Crippen LogP contribution in [-0.2, 0) is 6.42 Å². The van der Waals surface area contributed by atoms with Crippen LogP contribution in [0.15, 0.2) is 18.2 Å². The Bertz CT molecular complexity index is 555. The van der Waals surface area contributed by atoms with Gasteiger partial charge in [0.2, 0.25) is 0 Å². The number of nitrogens with two attached hydrogens (primary N) is 1. The molecule has 0 aromatic heterocycles. The SMILES string of the molecule is CC[C@@](N)(CO)CCc1ccc(OCCCCC(C)CCCC(C)C)c(OC)c1. The van der Waals surface area contributed by atoms with Crippen molar-refractivity contribution in [3.8, 4) is 11.5 Å². The van der Waals surface area contributed by atoms with Gasteiger partial charge in [-0.25, -0.2) is 0 Å². The lowest BCUT2D eigenvalue weighted by molar-refractivity contribution is 0.183. The maximum Gasteiger partial charge on any atom is 0.161 e. The second kappa shape index (κ2) is 13.9. The summed E-state index contributed by atoms with van der Waals surface area (Å²) in [7, 11) is 1.68. The Kier molecular flexibility index (Phi) is 12.3. The van der Waals surface area contributed by atoms with Gasteiger partial charge in [0.05, 0.1) is 20.3 Å². The lowest BCUT2D eigenvalue weighted by Crippen LogP contribution is -2.43. The molecule has 1 unspecified atom stereocenters. The molecule has 168 valence electrons. The number of benzene rings is 1. The van der Waals surface area contributed by atoms with Gasteiger partial charge in [-0.2, -0.15) is 0 Å². The predicted octanol–water partition coefficient (Wildman–Crippen LogP) is 5.74. The smallest absolute Gasteiger partial charge is 0.161 e. The van der Waals surface area contributed by atoms with E-state index in [-0.39, 0.29) is 6.61 Å². The zero-order valence-electron chi connectivity index (χ0n) is 19.5. The van der Waals surface area contributed by atoms with Crippen LogP contribution in [0.2, 0.25) is 0 Å². The van der Waals surface area contributed by atoms with Crippen LogP contribution in [0.1, 0.15) is 84.6 Å². The van der Waals surface area contributed by atoms with Gasteiger partial charge in [-0.3, -0.25) is 0 Å². The summed E-state index contributed by atoms with van der Waals surface area (Å²) in [6.45, 7) is 9.72. The Labute approximate surface area is 179 Å². The van der Waals surface area contributed by atoms with Crippen LogP contribution in [0.5, 0.6) is 11.5 Å². The van der Waals surface area contributed by atoms with Gasteiger partial charge in [0.15, 0.2) is 11.5 Å². The topological polar surface area (TPSA) is 64.7 Å². The highest BCUT2D eigenvalue weighted by Crippen LogP contribution is 2.29. The van der Waals surface area contributed by atoms with Gasteiger partial charge >= 0.3 is 0 Å². The van der Waals surface area contributed by atoms with Crippen molar-refractivity contribution < 1.29 is 14.6 Å². The van der Waals surface area contributed by atoms with Crippen LogP contribution in [-0.4, -0.2) is 31.0 Å². The van der Waals surface area contributed by atoms with Crippen LogP contribution in [0, 0.1) is 11.8 Å². The molecule has 1 aromatic carbocycles. The van der Waals surface area contributed by atoms with Crippen molar-refractivity contribution in [2.24, 2.45) is 17.6 Å². The molecule has 0 bridgehead atoms. The number of aliphatic hydroxyl groups excluding tert-OH is 1. The van der Waals surface area contributed by atoms with E-state index in [9.17, 15) is 5.11 Å². The molecule has 2 atom stereocenters. The molecule has 4 heteroatoms. The van der Waals surface area contributed by atoms with Crippen molar-refractivity contribution >= 4 is 0 Å². The van der Waals surface area contributed by atoms with Gasteiger partial charge in [0.25, 0.3) is 0 Å². The molecule has 0 saturated carbocycles. The largest absolute Gasteiger partial charge is 0.493 e. The number of hydrogen-bond donors (Lipinski definition) is 2. The summed E-state index contributed by atoms with van der Waals surface area (Å²) in [5, 5.41) is 9.48. The van der Waals surface area contributed by atoms with Crippen molar-refractivity contribution in [3.05, 3.63) is 23.8 Å². The lowest BCUT2D eigenvalue weighted by atomic mass is 9.90. The molecule has 1 aromatic rings. The van der Waals surface area contributed by atoms with Crippen LogP contribution < -0.4 is 15.2 Å². The fourth-order valence-corrected chi connectivity index (χ4v) is 3.54. The summed E-state index contributed by atoms with van der Waals surface area (Å²) in [6.07, 6.45) is 9.91. The molecule has 0 radical (unpaired) electrons. The van der Waals surface area contributed by atoms with Crippen molar-refractivity contribution in [1.29, 1.82) is 0 Å². The molecular formula is C25H45NO3. The highest BCUT2D eigenvalue weighted by molar-refractivity contribution is 5.43. The van der Waals surface area contributed by atoms with Crippen LogP contribution in [0.3, 0.4) is 0 Å². The zero-order chi connectivity index (χ0) is 21.7. The Hall–Kier alpha value is -1.26. The number of rotatable bonds is 16. The number of aryl methyl sites for hydroxylation is 1. The van der Waals surface area contributed by atoms with E-state index in [1.54, 1.807) is 7.11 Å². The van der Waals surface area contributed by atoms with Crippen molar-refractivity contribution in [3.63, 3.8) is 0 Å². The first-order valence-corrected chi connectivity index (χ1v) is 11.5. The number of unbranched alkanes of at least 4 members (excludes halogenated alkanes) is 1. The van der Waals surface area contributed by atoms with Crippen molar-refractivity contribution in [2.75, 3.05) is 20.3 Å².